The van der Waals surface area contributed by atoms with E-state index in [-0.39, 0.29) is 11.6 Å². The van der Waals surface area contributed by atoms with Gasteiger partial charge in [0.15, 0.2) is 0 Å². The molecule has 2 rings (SSSR count). The van der Waals surface area contributed by atoms with Crippen LogP contribution in [-0.4, -0.2) is 23.2 Å². The van der Waals surface area contributed by atoms with Crippen molar-refractivity contribution in [2.45, 2.75) is 57.1 Å². The molecule has 2 N–H and O–H groups in total. The van der Waals surface area contributed by atoms with Crippen LogP contribution in [0.5, 0.6) is 0 Å². The summed E-state index contributed by atoms with van der Waals surface area (Å²) in [5, 5.41) is 0. The number of nitrogens with two attached hydrogens (primary N) is 1. The number of rotatable bonds is 5. The van der Waals surface area contributed by atoms with E-state index in [1.165, 1.54) is 24.8 Å². The average molecular weight is 248 g/mol. The van der Waals surface area contributed by atoms with Gasteiger partial charge < -0.3 is 10.5 Å². The summed E-state index contributed by atoms with van der Waals surface area (Å²) in [7, 11) is 0. The van der Waals surface area contributed by atoms with Crippen LogP contribution in [0.4, 0.5) is 0 Å². The Morgan fingerprint density at radius 3 is 2.56 bits per heavy atom. The SMILES string of the molecule is CCOC1(C(N)Cc2ccncc2)CCCCC1. The Kier molecular flexibility index (Phi) is 4.72. The van der Waals surface area contributed by atoms with E-state index < -0.39 is 0 Å². The van der Waals surface area contributed by atoms with Crippen molar-refractivity contribution in [2.24, 2.45) is 5.73 Å². The number of ether oxygens (including phenoxy) is 1. The van der Waals surface area contributed by atoms with E-state index >= 15 is 0 Å². The van der Waals surface area contributed by atoms with Crippen LogP contribution in [-0.2, 0) is 11.2 Å². The first kappa shape index (κ1) is 13.5. The van der Waals surface area contributed by atoms with E-state index in [4.69, 9.17) is 10.5 Å². The van der Waals surface area contributed by atoms with E-state index in [1.807, 2.05) is 24.5 Å². The average Bonchev–Trinajstić information content (AvgIpc) is 2.41. The first-order chi connectivity index (χ1) is 8.77. The highest BCUT2D eigenvalue weighted by Gasteiger charge is 2.38. The van der Waals surface area contributed by atoms with E-state index in [0.29, 0.717) is 0 Å². The second-order valence-electron chi connectivity index (χ2n) is 5.22. The highest BCUT2D eigenvalue weighted by Crippen LogP contribution is 2.34. The van der Waals surface area contributed by atoms with Crippen LogP contribution in [0.2, 0.25) is 0 Å². The molecule has 1 aromatic heterocycles. The van der Waals surface area contributed by atoms with Crippen molar-refractivity contribution in [3.63, 3.8) is 0 Å². The minimum absolute atomic E-state index is 0.0835. The van der Waals surface area contributed by atoms with Gasteiger partial charge in [-0.15, -0.1) is 0 Å². The Balaban J connectivity index is 2.05. The van der Waals surface area contributed by atoms with E-state index in [9.17, 15) is 0 Å². The van der Waals surface area contributed by atoms with Crippen LogP contribution in [0.1, 0.15) is 44.6 Å². The third-order valence-corrected chi connectivity index (χ3v) is 4.01. The molecule has 1 aliphatic rings. The van der Waals surface area contributed by atoms with Gasteiger partial charge in [0, 0.05) is 25.0 Å². The molecule has 1 aliphatic carbocycles. The van der Waals surface area contributed by atoms with Crippen LogP contribution in [0, 0.1) is 0 Å². The van der Waals surface area contributed by atoms with Gasteiger partial charge in [-0.05, 0) is 43.9 Å². The van der Waals surface area contributed by atoms with Gasteiger partial charge in [0.2, 0.25) is 0 Å². The van der Waals surface area contributed by atoms with Crippen molar-refractivity contribution in [3.8, 4) is 0 Å². The van der Waals surface area contributed by atoms with Crippen LogP contribution >= 0.6 is 0 Å². The molecule has 0 spiro atoms. The molecule has 3 nitrogen and oxygen atoms in total. The highest BCUT2D eigenvalue weighted by atomic mass is 16.5. The Labute approximate surface area is 110 Å². The summed E-state index contributed by atoms with van der Waals surface area (Å²) in [5.41, 5.74) is 7.61. The first-order valence-electron chi connectivity index (χ1n) is 7.05. The van der Waals surface area contributed by atoms with E-state index in [0.717, 1.165) is 25.9 Å². The second kappa shape index (κ2) is 6.30. The van der Waals surface area contributed by atoms with Crippen LogP contribution in [0.15, 0.2) is 24.5 Å². The zero-order valence-corrected chi connectivity index (χ0v) is 11.3. The second-order valence-corrected chi connectivity index (χ2v) is 5.22. The standard InChI is InChI=1S/C15H24N2O/c1-2-18-15(8-4-3-5-9-15)14(16)12-13-6-10-17-11-7-13/h6-7,10-11,14H,2-5,8-9,12,16H2,1H3. The molecule has 1 atom stereocenters. The van der Waals surface area contributed by atoms with Gasteiger partial charge in [-0.3, -0.25) is 4.98 Å². The third-order valence-electron chi connectivity index (χ3n) is 4.01. The molecule has 1 unspecified atom stereocenters. The van der Waals surface area contributed by atoms with Gasteiger partial charge in [0.25, 0.3) is 0 Å². The van der Waals surface area contributed by atoms with Gasteiger partial charge in [0.1, 0.15) is 0 Å². The van der Waals surface area contributed by atoms with Gasteiger partial charge in [0.05, 0.1) is 5.60 Å². The monoisotopic (exact) mass is 248 g/mol. The van der Waals surface area contributed by atoms with Crippen molar-refractivity contribution in [1.29, 1.82) is 0 Å². The number of pyridine rings is 1. The minimum Gasteiger partial charge on any atom is -0.374 e. The Hall–Kier alpha value is -0.930. The maximum absolute atomic E-state index is 6.46. The summed E-state index contributed by atoms with van der Waals surface area (Å²) in [4.78, 5) is 4.05. The molecule has 0 aromatic carbocycles. The molecular weight excluding hydrogens is 224 g/mol. The predicted molar refractivity (Wildman–Crippen MR) is 73.4 cm³/mol. The Morgan fingerprint density at radius 2 is 1.94 bits per heavy atom. The van der Waals surface area contributed by atoms with Crippen molar-refractivity contribution in [3.05, 3.63) is 30.1 Å². The van der Waals surface area contributed by atoms with Crippen LogP contribution in [0.3, 0.4) is 0 Å². The van der Waals surface area contributed by atoms with Crippen molar-refractivity contribution < 1.29 is 4.74 Å². The first-order valence-corrected chi connectivity index (χ1v) is 7.05. The maximum atomic E-state index is 6.46. The van der Waals surface area contributed by atoms with Gasteiger partial charge in [-0.25, -0.2) is 0 Å². The smallest absolute Gasteiger partial charge is 0.0835 e. The molecule has 0 saturated heterocycles. The molecule has 1 aromatic rings. The third kappa shape index (κ3) is 3.09. The molecular formula is C15H24N2O. The largest absolute Gasteiger partial charge is 0.374 e. The molecule has 100 valence electrons. The minimum atomic E-state index is -0.101. The zero-order chi connectivity index (χ0) is 12.8. The van der Waals surface area contributed by atoms with Gasteiger partial charge in [-0.1, -0.05) is 19.3 Å². The molecule has 18 heavy (non-hydrogen) atoms. The fraction of sp³-hybridized carbons (Fsp3) is 0.667. The molecule has 0 aliphatic heterocycles. The van der Waals surface area contributed by atoms with E-state index in [1.54, 1.807) is 0 Å². The molecule has 0 bridgehead atoms. The van der Waals surface area contributed by atoms with Crippen LogP contribution in [0.25, 0.3) is 0 Å². The molecule has 1 saturated carbocycles. The Morgan fingerprint density at radius 1 is 1.28 bits per heavy atom. The van der Waals surface area contributed by atoms with Crippen LogP contribution < -0.4 is 5.73 Å². The van der Waals surface area contributed by atoms with Crippen molar-refractivity contribution >= 4 is 0 Å². The molecule has 1 fully saturated rings. The maximum Gasteiger partial charge on any atom is 0.0835 e. The fourth-order valence-electron chi connectivity index (χ4n) is 3.02. The molecule has 1 heterocycles. The quantitative estimate of drug-likeness (QED) is 0.871. The summed E-state index contributed by atoms with van der Waals surface area (Å²) in [6.07, 6.45) is 10.5. The predicted octanol–water partition coefficient (Wildman–Crippen LogP) is 2.69. The van der Waals surface area contributed by atoms with Gasteiger partial charge >= 0.3 is 0 Å². The topological polar surface area (TPSA) is 48.1 Å². The summed E-state index contributed by atoms with van der Waals surface area (Å²) < 4.78 is 6.06. The number of nitrogens with zero attached hydrogens (tertiary/aromatic N) is 1. The lowest BCUT2D eigenvalue weighted by molar-refractivity contribution is -0.0817. The molecule has 0 amide bonds. The summed E-state index contributed by atoms with van der Waals surface area (Å²) in [6.45, 7) is 2.82. The van der Waals surface area contributed by atoms with Gasteiger partial charge in [-0.2, -0.15) is 0 Å². The van der Waals surface area contributed by atoms with E-state index in [2.05, 4.69) is 11.9 Å². The lowest BCUT2D eigenvalue weighted by Crippen LogP contribution is -2.52. The zero-order valence-electron chi connectivity index (χ0n) is 11.3. The Bertz CT molecular complexity index is 341. The number of aromatic nitrogens is 1. The summed E-state index contributed by atoms with van der Waals surface area (Å²) in [6, 6.07) is 4.17. The van der Waals surface area contributed by atoms with Crippen molar-refractivity contribution in [1.82, 2.24) is 4.98 Å². The highest BCUT2D eigenvalue weighted by molar-refractivity contribution is 5.13. The van der Waals surface area contributed by atoms with Crippen molar-refractivity contribution in [2.75, 3.05) is 6.61 Å². The summed E-state index contributed by atoms with van der Waals surface area (Å²) in [5.74, 6) is 0. The normalized spacial score (nSPS) is 20.6. The number of hydrogen-bond acceptors (Lipinski definition) is 3. The number of hydrogen-bond donors (Lipinski definition) is 1. The molecule has 0 radical (unpaired) electrons. The lowest BCUT2D eigenvalue weighted by atomic mass is 9.77. The fourth-order valence-corrected chi connectivity index (χ4v) is 3.02. The molecule has 3 heteroatoms. The lowest BCUT2D eigenvalue weighted by Gasteiger charge is -2.41. The summed E-state index contributed by atoms with van der Waals surface area (Å²) >= 11 is 0.